The lowest BCUT2D eigenvalue weighted by Gasteiger charge is -2.30. The minimum atomic E-state index is 0.686. The predicted octanol–water partition coefficient (Wildman–Crippen LogP) is 2.46. The van der Waals surface area contributed by atoms with Gasteiger partial charge in [0.25, 0.3) is 0 Å². The molecule has 2 atom stereocenters. The molecule has 2 heteroatoms. The van der Waals surface area contributed by atoms with E-state index in [0.29, 0.717) is 6.04 Å². The van der Waals surface area contributed by atoms with Crippen molar-refractivity contribution in [2.24, 2.45) is 0 Å². The van der Waals surface area contributed by atoms with Crippen LogP contribution in [0.25, 0.3) is 0 Å². The highest BCUT2D eigenvalue weighted by atomic mass is 14.9. The van der Waals surface area contributed by atoms with Crippen molar-refractivity contribution in [3.63, 3.8) is 0 Å². The Labute approximate surface area is 87.3 Å². The van der Waals surface area contributed by atoms with Crippen LogP contribution in [-0.4, -0.2) is 13.9 Å². The van der Waals surface area contributed by atoms with E-state index in [0.717, 1.165) is 5.82 Å². The lowest BCUT2D eigenvalue weighted by Crippen LogP contribution is -2.28. The number of anilines is 1. The van der Waals surface area contributed by atoms with Crippen molar-refractivity contribution in [2.75, 3.05) is 5.32 Å². The monoisotopic (exact) mass is 187 g/mol. The highest BCUT2D eigenvalue weighted by Gasteiger charge is 2.20. The average Bonchev–Trinajstić information content (AvgIpc) is 2.23. The van der Waals surface area contributed by atoms with Crippen molar-refractivity contribution < 1.29 is 0 Å². The number of nitrogens with one attached hydrogen (secondary N) is 1. The van der Waals surface area contributed by atoms with Crippen molar-refractivity contribution in [1.82, 2.24) is 0 Å². The highest BCUT2D eigenvalue weighted by Crippen LogP contribution is 2.28. The molecule has 1 saturated carbocycles. The van der Waals surface area contributed by atoms with Gasteiger partial charge in [0.2, 0.25) is 0 Å². The van der Waals surface area contributed by atoms with Crippen LogP contribution < -0.4 is 5.32 Å². The molecule has 74 valence electrons. The Kier molecular flexibility index (Phi) is 3.12. The van der Waals surface area contributed by atoms with Crippen molar-refractivity contribution in [1.29, 1.82) is 0 Å². The molecule has 2 rings (SSSR count). The smallest absolute Gasteiger partial charge is 0.108 e. The van der Waals surface area contributed by atoms with Crippen molar-refractivity contribution in [2.45, 2.75) is 37.5 Å². The molecule has 0 aliphatic heterocycles. The van der Waals surface area contributed by atoms with E-state index >= 15 is 0 Å². The molecule has 0 saturated heterocycles. The molecule has 0 bridgehead atoms. The standard InChI is InChI=1S/C12H18BN/c13-11-8-4-5-9-12(11)14-10-6-2-1-3-7-10/h1-3,6-7,11-12,14H,4-5,8-9,13H2. The Morgan fingerprint density at radius 1 is 1.07 bits per heavy atom. The lowest BCUT2D eigenvalue weighted by molar-refractivity contribution is 0.463. The molecule has 1 aliphatic carbocycles. The van der Waals surface area contributed by atoms with Crippen LogP contribution in [-0.2, 0) is 0 Å². The van der Waals surface area contributed by atoms with Crippen LogP contribution in [0.5, 0.6) is 0 Å². The molecule has 1 aromatic rings. The maximum Gasteiger partial charge on any atom is 0.108 e. The molecule has 0 amide bonds. The van der Waals surface area contributed by atoms with Gasteiger partial charge in [-0.15, -0.1) is 0 Å². The van der Waals surface area contributed by atoms with Crippen molar-refractivity contribution >= 4 is 13.5 Å². The summed E-state index contributed by atoms with van der Waals surface area (Å²) in [7, 11) is 2.36. The Morgan fingerprint density at radius 3 is 2.50 bits per heavy atom. The van der Waals surface area contributed by atoms with E-state index in [4.69, 9.17) is 0 Å². The van der Waals surface area contributed by atoms with Crippen LogP contribution in [0.1, 0.15) is 25.7 Å². The Bertz CT molecular complexity index is 273. The van der Waals surface area contributed by atoms with Gasteiger partial charge in [0, 0.05) is 11.7 Å². The first-order chi connectivity index (χ1) is 6.86. The van der Waals surface area contributed by atoms with Crippen LogP contribution in [0.15, 0.2) is 30.3 Å². The van der Waals surface area contributed by atoms with Gasteiger partial charge in [0.05, 0.1) is 0 Å². The quantitative estimate of drug-likeness (QED) is 0.701. The SMILES string of the molecule is BC1CCCCC1Nc1ccccc1. The summed E-state index contributed by atoms with van der Waals surface area (Å²) in [5.74, 6) is 0.823. The van der Waals surface area contributed by atoms with Crippen LogP contribution in [0.3, 0.4) is 0 Å². The van der Waals surface area contributed by atoms with Crippen molar-refractivity contribution in [3.8, 4) is 0 Å². The topological polar surface area (TPSA) is 12.0 Å². The van der Waals surface area contributed by atoms with Gasteiger partial charge < -0.3 is 5.32 Å². The molecule has 1 fully saturated rings. The summed E-state index contributed by atoms with van der Waals surface area (Å²) in [6.07, 6.45) is 5.50. The third-order valence-corrected chi connectivity index (χ3v) is 3.24. The van der Waals surface area contributed by atoms with Gasteiger partial charge in [-0.25, -0.2) is 0 Å². The van der Waals surface area contributed by atoms with Crippen LogP contribution in [0, 0.1) is 0 Å². The molecular weight excluding hydrogens is 169 g/mol. The summed E-state index contributed by atoms with van der Waals surface area (Å²) in [6, 6.07) is 11.2. The molecule has 0 aromatic heterocycles. The summed E-state index contributed by atoms with van der Waals surface area (Å²) in [5.41, 5.74) is 1.27. The number of benzene rings is 1. The van der Waals surface area contributed by atoms with E-state index in [1.165, 1.54) is 31.4 Å². The van der Waals surface area contributed by atoms with Crippen LogP contribution in [0.4, 0.5) is 5.69 Å². The second kappa shape index (κ2) is 4.54. The first-order valence-corrected chi connectivity index (χ1v) is 5.68. The van der Waals surface area contributed by atoms with E-state index < -0.39 is 0 Å². The van der Waals surface area contributed by atoms with Crippen LogP contribution in [0.2, 0.25) is 5.82 Å². The van der Waals surface area contributed by atoms with E-state index in [-0.39, 0.29) is 0 Å². The molecule has 1 N–H and O–H groups in total. The Hall–Kier alpha value is -0.915. The van der Waals surface area contributed by atoms with Gasteiger partial charge in [-0.2, -0.15) is 0 Å². The van der Waals surface area contributed by atoms with Crippen LogP contribution >= 0.6 is 0 Å². The third kappa shape index (κ3) is 2.31. The van der Waals surface area contributed by atoms with Crippen molar-refractivity contribution in [3.05, 3.63) is 30.3 Å². The fraction of sp³-hybridized carbons (Fsp3) is 0.500. The Morgan fingerprint density at radius 2 is 1.79 bits per heavy atom. The minimum Gasteiger partial charge on any atom is -0.383 e. The summed E-state index contributed by atoms with van der Waals surface area (Å²) < 4.78 is 0. The first kappa shape index (κ1) is 9.63. The first-order valence-electron chi connectivity index (χ1n) is 5.68. The summed E-state index contributed by atoms with van der Waals surface area (Å²) in [5, 5.41) is 3.63. The molecule has 14 heavy (non-hydrogen) atoms. The zero-order chi connectivity index (χ0) is 9.80. The second-order valence-electron chi connectivity index (χ2n) is 4.38. The molecule has 0 radical (unpaired) electrons. The number of hydrogen-bond donors (Lipinski definition) is 1. The normalized spacial score (nSPS) is 27.1. The van der Waals surface area contributed by atoms with Gasteiger partial charge in [0.15, 0.2) is 0 Å². The van der Waals surface area contributed by atoms with Gasteiger partial charge in [0.1, 0.15) is 7.85 Å². The molecule has 2 unspecified atom stereocenters. The average molecular weight is 187 g/mol. The van der Waals surface area contributed by atoms with E-state index in [1.54, 1.807) is 0 Å². The van der Waals surface area contributed by atoms with Gasteiger partial charge in [-0.05, 0) is 24.4 Å². The summed E-state index contributed by atoms with van der Waals surface area (Å²) in [4.78, 5) is 0. The van der Waals surface area contributed by atoms with Gasteiger partial charge in [-0.1, -0.05) is 37.5 Å². The highest BCUT2D eigenvalue weighted by molar-refractivity contribution is 6.12. The zero-order valence-corrected chi connectivity index (χ0v) is 8.87. The molecule has 0 spiro atoms. The maximum atomic E-state index is 3.63. The van der Waals surface area contributed by atoms with E-state index in [1.807, 2.05) is 0 Å². The largest absolute Gasteiger partial charge is 0.383 e. The predicted molar refractivity (Wildman–Crippen MR) is 64.6 cm³/mol. The minimum absolute atomic E-state index is 0.686. The summed E-state index contributed by atoms with van der Waals surface area (Å²) in [6.45, 7) is 0. The second-order valence-corrected chi connectivity index (χ2v) is 4.38. The Balaban J connectivity index is 1.96. The lowest BCUT2D eigenvalue weighted by atomic mass is 9.72. The number of rotatable bonds is 2. The molecule has 1 aliphatic rings. The number of hydrogen-bond acceptors (Lipinski definition) is 1. The molecule has 1 aromatic carbocycles. The maximum absolute atomic E-state index is 3.63. The molecular formula is C12H18BN. The van der Waals surface area contributed by atoms with Gasteiger partial charge in [-0.3, -0.25) is 0 Å². The van der Waals surface area contributed by atoms with Gasteiger partial charge >= 0.3 is 0 Å². The summed E-state index contributed by atoms with van der Waals surface area (Å²) >= 11 is 0. The third-order valence-electron chi connectivity index (χ3n) is 3.24. The van der Waals surface area contributed by atoms with E-state index in [9.17, 15) is 0 Å². The fourth-order valence-electron chi connectivity index (χ4n) is 2.28. The molecule has 1 nitrogen and oxygen atoms in total. The molecule has 0 heterocycles. The zero-order valence-electron chi connectivity index (χ0n) is 8.87. The fourth-order valence-corrected chi connectivity index (χ4v) is 2.28. The van der Waals surface area contributed by atoms with E-state index in [2.05, 4.69) is 43.5 Å². The number of para-hydroxylation sites is 1.